The highest BCUT2D eigenvalue weighted by molar-refractivity contribution is 5.66. The predicted molar refractivity (Wildman–Crippen MR) is 112 cm³/mol. The van der Waals surface area contributed by atoms with E-state index >= 15 is 0 Å². The van der Waals surface area contributed by atoms with Crippen LogP contribution in [-0.4, -0.2) is 22.3 Å². The first-order chi connectivity index (χ1) is 13.2. The van der Waals surface area contributed by atoms with Crippen molar-refractivity contribution in [1.82, 2.24) is 0 Å². The maximum Gasteiger partial charge on any atom is 0.303 e. The smallest absolute Gasteiger partial charge is 0.303 e. The van der Waals surface area contributed by atoms with Crippen LogP contribution < -0.4 is 0 Å². The number of aliphatic hydroxyl groups is 1. The summed E-state index contributed by atoms with van der Waals surface area (Å²) in [7, 11) is 0. The largest absolute Gasteiger partial charge is 0.481 e. The van der Waals surface area contributed by atoms with Crippen LogP contribution in [0.25, 0.3) is 0 Å². The predicted octanol–water partition coefficient (Wildman–Crippen LogP) is 5.75. The van der Waals surface area contributed by atoms with Gasteiger partial charge in [0.2, 0.25) is 0 Å². The normalized spacial score (nSPS) is 51.7. The molecule has 0 bridgehead atoms. The first-order valence-electron chi connectivity index (χ1n) is 12.1. The molecule has 160 valence electrons. The van der Waals surface area contributed by atoms with Crippen molar-refractivity contribution >= 4 is 5.97 Å². The lowest BCUT2D eigenvalue weighted by atomic mass is 9.42. The number of hydrogen-bond acceptors (Lipinski definition) is 2. The van der Waals surface area contributed by atoms with Gasteiger partial charge in [-0.2, -0.15) is 0 Å². The Morgan fingerprint density at radius 3 is 2.43 bits per heavy atom. The zero-order valence-corrected chi connectivity index (χ0v) is 18.5. The van der Waals surface area contributed by atoms with E-state index in [-0.39, 0.29) is 6.10 Å². The maximum absolute atomic E-state index is 11.1. The van der Waals surface area contributed by atoms with E-state index in [0.29, 0.717) is 35.0 Å². The molecule has 0 heterocycles. The highest BCUT2D eigenvalue weighted by atomic mass is 16.4. The van der Waals surface area contributed by atoms with Gasteiger partial charge in [0.25, 0.3) is 0 Å². The summed E-state index contributed by atoms with van der Waals surface area (Å²) in [4.78, 5) is 11.1. The van der Waals surface area contributed by atoms with Gasteiger partial charge in [-0.05, 0) is 110 Å². The number of aliphatic hydroxyl groups excluding tert-OH is 1. The number of carboxylic acids is 1. The number of fused-ring (bicyclic) bond motifs is 5. The molecular weight excluding hydrogens is 348 g/mol. The number of hydrogen-bond donors (Lipinski definition) is 2. The summed E-state index contributed by atoms with van der Waals surface area (Å²) in [5.41, 5.74) is 0.843. The summed E-state index contributed by atoms with van der Waals surface area (Å²) in [6.45, 7) is 9.95. The topological polar surface area (TPSA) is 57.5 Å². The second-order valence-corrected chi connectivity index (χ2v) is 11.8. The van der Waals surface area contributed by atoms with Gasteiger partial charge in [-0.25, -0.2) is 0 Å². The van der Waals surface area contributed by atoms with E-state index in [2.05, 4.69) is 27.7 Å². The minimum Gasteiger partial charge on any atom is -0.481 e. The van der Waals surface area contributed by atoms with Crippen LogP contribution in [0, 0.1) is 52.3 Å². The average Bonchev–Trinajstić information content (AvgIpc) is 2.98. The zero-order chi connectivity index (χ0) is 20.3. The van der Waals surface area contributed by atoms with Gasteiger partial charge < -0.3 is 10.2 Å². The Morgan fingerprint density at radius 2 is 1.71 bits per heavy atom. The third-order valence-electron chi connectivity index (χ3n) is 10.6. The molecule has 4 rings (SSSR count). The lowest BCUT2D eigenvalue weighted by molar-refractivity contribution is -0.150. The SMILES string of the molecule is CC1CC2CC(O)CC[C@]2(C)[C@H]2CC[C@]3(C)[C@@H]([C@H](C)CCC(=O)O)CC[C@H]3[C@H]12. The molecule has 3 unspecified atom stereocenters. The highest BCUT2D eigenvalue weighted by Crippen LogP contribution is 2.69. The van der Waals surface area contributed by atoms with E-state index in [4.69, 9.17) is 5.11 Å². The Bertz CT molecular complexity index is 603. The van der Waals surface area contributed by atoms with Crippen LogP contribution in [0.5, 0.6) is 0 Å². The molecule has 4 aliphatic carbocycles. The summed E-state index contributed by atoms with van der Waals surface area (Å²) < 4.78 is 0. The van der Waals surface area contributed by atoms with Gasteiger partial charge in [0.15, 0.2) is 0 Å². The quantitative estimate of drug-likeness (QED) is 0.642. The minimum absolute atomic E-state index is 0.0679. The van der Waals surface area contributed by atoms with Crippen LogP contribution in [0.2, 0.25) is 0 Å². The fraction of sp³-hybridized carbons (Fsp3) is 0.960. The third kappa shape index (κ3) is 3.15. The van der Waals surface area contributed by atoms with Crippen molar-refractivity contribution in [2.45, 2.75) is 98.0 Å². The Balaban J connectivity index is 1.55. The molecular formula is C25H42O3. The van der Waals surface area contributed by atoms with Crippen LogP contribution >= 0.6 is 0 Å². The van der Waals surface area contributed by atoms with Gasteiger partial charge >= 0.3 is 5.97 Å². The van der Waals surface area contributed by atoms with Crippen LogP contribution in [0.3, 0.4) is 0 Å². The van der Waals surface area contributed by atoms with Crippen molar-refractivity contribution in [2.75, 3.05) is 0 Å². The van der Waals surface area contributed by atoms with Gasteiger partial charge in [0.05, 0.1) is 6.10 Å². The van der Waals surface area contributed by atoms with Crippen molar-refractivity contribution in [3.8, 4) is 0 Å². The van der Waals surface area contributed by atoms with Crippen molar-refractivity contribution in [3.63, 3.8) is 0 Å². The first kappa shape index (κ1) is 20.7. The van der Waals surface area contributed by atoms with E-state index < -0.39 is 5.97 Å². The third-order valence-corrected chi connectivity index (χ3v) is 10.6. The lowest BCUT2D eigenvalue weighted by Gasteiger charge is -2.63. The van der Waals surface area contributed by atoms with Crippen LogP contribution in [0.15, 0.2) is 0 Å². The second kappa shape index (κ2) is 7.29. The van der Waals surface area contributed by atoms with E-state index in [9.17, 15) is 9.90 Å². The number of carboxylic acid groups (broad SMARTS) is 1. The molecule has 0 radical (unpaired) electrons. The van der Waals surface area contributed by atoms with E-state index in [1.165, 1.54) is 38.5 Å². The molecule has 3 heteroatoms. The van der Waals surface area contributed by atoms with Gasteiger partial charge in [-0.3, -0.25) is 4.79 Å². The molecule has 0 spiro atoms. The molecule has 0 saturated heterocycles. The molecule has 0 aliphatic heterocycles. The van der Waals surface area contributed by atoms with Gasteiger partial charge in [0, 0.05) is 6.42 Å². The molecule has 4 saturated carbocycles. The summed E-state index contributed by atoms with van der Waals surface area (Å²) in [6.07, 6.45) is 11.0. The zero-order valence-electron chi connectivity index (χ0n) is 18.5. The fourth-order valence-corrected chi connectivity index (χ4v) is 9.14. The fourth-order valence-electron chi connectivity index (χ4n) is 9.14. The molecule has 4 fully saturated rings. The molecule has 28 heavy (non-hydrogen) atoms. The van der Waals surface area contributed by atoms with Crippen molar-refractivity contribution in [3.05, 3.63) is 0 Å². The van der Waals surface area contributed by atoms with Crippen LogP contribution in [0.4, 0.5) is 0 Å². The number of carbonyl (C=O) groups is 1. The Kier molecular flexibility index (Phi) is 5.39. The van der Waals surface area contributed by atoms with Crippen LogP contribution in [-0.2, 0) is 4.79 Å². The first-order valence-corrected chi connectivity index (χ1v) is 12.1. The standard InChI is InChI=1S/C25H42O3/c1-15(5-8-22(27)28)19-6-7-20-23-16(2)13-17-14-18(26)9-11-24(17,3)21(23)10-12-25(19,20)4/h15-21,23,26H,5-14H2,1-4H3,(H,27,28)/t15-,16?,17?,18?,19-,20+,21+,23+,24+,25-/m1/s1. The minimum atomic E-state index is -0.644. The van der Waals surface area contributed by atoms with Crippen molar-refractivity contribution in [1.29, 1.82) is 0 Å². The Labute approximate surface area is 171 Å². The monoisotopic (exact) mass is 390 g/mol. The number of rotatable bonds is 4. The lowest BCUT2D eigenvalue weighted by Crippen LogP contribution is -2.56. The molecule has 10 atom stereocenters. The molecule has 2 N–H and O–H groups in total. The van der Waals surface area contributed by atoms with E-state index in [0.717, 1.165) is 42.9 Å². The Morgan fingerprint density at radius 1 is 1.04 bits per heavy atom. The second-order valence-electron chi connectivity index (χ2n) is 11.8. The Hall–Kier alpha value is -0.570. The summed E-state index contributed by atoms with van der Waals surface area (Å²) >= 11 is 0. The average molecular weight is 391 g/mol. The van der Waals surface area contributed by atoms with Crippen LogP contribution in [0.1, 0.15) is 91.9 Å². The molecule has 0 aromatic rings. The summed E-state index contributed by atoms with van der Waals surface area (Å²) in [5.74, 6) is 4.55. The van der Waals surface area contributed by atoms with Crippen molar-refractivity contribution < 1.29 is 15.0 Å². The maximum atomic E-state index is 11.1. The molecule has 4 aliphatic rings. The molecule has 0 amide bonds. The highest BCUT2D eigenvalue weighted by Gasteiger charge is 2.62. The van der Waals surface area contributed by atoms with E-state index in [1.54, 1.807) is 0 Å². The molecule has 3 nitrogen and oxygen atoms in total. The number of aliphatic carboxylic acids is 1. The van der Waals surface area contributed by atoms with Crippen molar-refractivity contribution in [2.24, 2.45) is 52.3 Å². The van der Waals surface area contributed by atoms with E-state index in [1.807, 2.05) is 0 Å². The molecule has 0 aromatic carbocycles. The summed E-state index contributed by atoms with van der Waals surface area (Å²) in [6, 6.07) is 0. The van der Waals surface area contributed by atoms with Gasteiger partial charge in [-0.1, -0.05) is 27.7 Å². The van der Waals surface area contributed by atoms with Gasteiger partial charge in [-0.15, -0.1) is 0 Å². The molecule has 0 aromatic heterocycles. The van der Waals surface area contributed by atoms with Gasteiger partial charge in [0.1, 0.15) is 0 Å². The summed E-state index contributed by atoms with van der Waals surface area (Å²) in [5, 5.41) is 19.4.